The topological polar surface area (TPSA) is 38.3 Å². The highest BCUT2D eigenvalue weighted by molar-refractivity contribution is 7.08. The second-order valence-electron chi connectivity index (χ2n) is 8.20. The summed E-state index contributed by atoms with van der Waals surface area (Å²) in [6.07, 6.45) is 4.15. The van der Waals surface area contributed by atoms with Crippen LogP contribution in [-0.4, -0.2) is 42.9 Å². The van der Waals surface area contributed by atoms with E-state index in [0.29, 0.717) is 12.1 Å². The average molecular weight is 451 g/mol. The molecular formula is C21H27BrN2O2S. The molecule has 2 saturated heterocycles. The van der Waals surface area contributed by atoms with Gasteiger partial charge in [0.1, 0.15) is 6.10 Å². The first-order valence-electron chi connectivity index (χ1n) is 9.37. The van der Waals surface area contributed by atoms with Crippen LogP contribution in [0.3, 0.4) is 0 Å². The molecule has 1 amide bonds. The maximum atomic E-state index is 12.6. The van der Waals surface area contributed by atoms with E-state index in [0.717, 1.165) is 39.7 Å². The van der Waals surface area contributed by atoms with Crippen LogP contribution < -0.4 is 22.3 Å². The third-order valence-corrected chi connectivity index (χ3v) is 6.99. The van der Waals surface area contributed by atoms with Crippen LogP contribution in [0.15, 0.2) is 35.0 Å². The van der Waals surface area contributed by atoms with Gasteiger partial charge in [-0.05, 0) is 40.9 Å². The Labute approximate surface area is 175 Å². The Morgan fingerprint density at radius 3 is 2.52 bits per heavy atom. The molecule has 4 nitrogen and oxygen atoms in total. The van der Waals surface area contributed by atoms with Crippen LogP contribution in [0, 0.1) is 6.92 Å². The smallest absolute Gasteiger partial charge is 0.411 e. The minimum absolute atomic E-state index is 0. The summed E-state index contributed by atoms with van der Waals surface area (Å²) in [6.45, 7) is 2.03. The number of ether oxygens (including phenoxy) is 1. The quantitative estimate of drug-likeness (QED) is 0.726. The van der Waals surface area contributed by atoms with Gasteiger partial charge < -0.3 is 26.2 Å². The normalized spacial score (nSPS) is 25.5. The predicted molar refractivity (Wildman–Crippen MR) is 107 cm³/mol. The first-order chi connectivity index (χ1) is 12.4. The molecule has 3 atom stereocenters. The van der Waals surface area contributed by atoms with E-state index in [2.05, 4.69) is 48.4 Å². The molecule has 1 aromatic heterocycles. The number of rotatable bonds is 3. The molecule has 4 rings (SSSR count). The number of quaternary nitrogens is 1. The molecule has 1 aromatic carbocycles. The van der Waals surface area contributed by atoms with Crippen molar-refractivity contribution in [3.8, 4) is 11.1 Å². The van der Waals surface area contributed by atoms with E-state index < -0.39 is 0 Å². The fraction of sp³-hybridized carbons (Fsp3) is 0.476. The summed E-state index contributed by atoms with van der Waals surface area (Å²) in [4.78, 5) is 12.6. The zero-order chi connectivity index (χ0) is 18.3. The van der Waals surface area contributed by atoms with Crippen LogP contribution in [0.4, 0.5) is 10.5 Å². The molecule has 2 fully saturated rings. The van der Waals surface area contributed by atoms with Gasteiger partial charge in [-0.25, -0.2) is 4.79 Å². The third kappa shape index (κ3) is 4.08. The van der Waals surface area contributed by atoms with Crippen molar-refractivity contribution >= 4 is 23.1 Å². The van der Waals surface area contributed by atoms with Gasteiger partial charge in [-0.1, -0.05) is 12.1 Å². The van der Waals surface area contributed by atoms with Gasteiger partial charge in [-0.2, -0.15) is 11.3 Å². The molecular weight excluding hydrogens is 424 g/mol. The Hall–Kier alpha value is -1.37. The number of thiophene rings is 1. The summed E-state index contributed by atoms with van der Waals surface area (Å²) in [7, 11) is 4.64. The summed E-state index contributed by atoms with van der Waals surface area (Å²) in [5, 5.41) is 7.14. The van der Waals surface area contributed by atoms with E-state index in [-0.39, 0.29) is 29.2 Å². The molecule has 0 aliphatic carbocycles. The number of fused-ring (bicyclic) bond motifs is 2. The number of hydrogen-bond acceptors (Lipinski definition) is 3. The van der Waals surface area contributed by atoms with Gasteiger partial charge in [0.2, 0.25) is 0 Å². The summed E-state index contributed by atoms with van der Waals surface area (Å²) >= 11 is 1.66. The number of halogens is 1. The van der Waals surface area contributed by atoms with Crippen LogP contribution in [0.2, 0.25) is 0 Å². The largest absolute Gasteiger partial charge is 1.00 e. The minimum atomic E-state index is -0.330. The maximum absolute atomic E-state index is 12.6. The summed E-state index contributed by atoms with van der Waals surface area (Å²) < 4.78 is 6.91. The van der Waals surface area contributed by atoms with Gasteiger partial charge >= 0.3 is 6.09 Å². The molecule has 0 saturated carbocycles. The Kier molecular flexibility index (Phi) is 5.99. The van der Waals surface area contributed by atoms with Crippen molar-refractivity contribution in [1.82, 2.24) is 0 Å². The Bertz CT molecular complexity index is 791. The molecule has 2 bridgehead atoms. The van der Waals surface area contributed by atoms with Crippen molar-refractivity contribution in [1.29, 1.82) is 0 Å². The second-order valence-corrected chi connectivity index (χ2v) is 8.98. The SMILES string of the molecule is Cc1ccc(-c2ccsc2)c(NC(=O)OC2C[C@H]3CC[C@@H](C2)[N+]3(C)C)c1.[Br-]. The molecule has 1 unspecified atom stereocenters. The number of carbonyl (C=O) groups excluding carboxylic acids is 1. The number of amides is 1. The van der Waals surface area contributed by atoms with Gasteiger partial charge in [0.25, 0.3) is 0 Å². The van der Waals surface area contributed by atoms with Crippen LogP contribution in [0.1, 0.15) is 31.2 Å². The lowest BCUT2D eigenvalue weighted by atomic mass is 9.98. The summed E-state index contributed by atoms with van der Waals surface area (Å²) in [5.41, 5.74) is 4.10. The highest BCUT2D eigenvalue weighted by Gasteiger charge is 2.49. The van der Waals surface area contributed by atoms with E-state index in [1.807, 2.05) is 13.0 Å². The van der Waals surface area contributed by atoms with Gasteiger partial charge in [0.05, 0.1) is 31.9 Å². The standard InChI is InChI=1S/C21H26N2O2S.BrH/c1-14-4-7-19(15-8-9-26-13-15)20(10-14)22-21(24)25-18-11-16-5-6-17(12-18)23(16,2)3;/h4,7-10,13,16-18H,5-6,11-12H2,1-3H3;1H/t16-,17+,18?;. The van der Waals surface area contributed by atoms with E-state index in [4.69, 9.17) is 4.74 Å². The number of carbonyl (C=O) groups is 1. The highest BCUT2D eigenvalue weighted by atomic mass is 79.9. The molecule has 0 radical (unpaired) electrons. The van der Waals surface area contributed by atoms with Crippen molar-refractivity contribution in [3.63, 3.8) is 0 Å². The zero-order valence-corrected chi connectivity index (χ0v) is 18.5. The predicted octanol–water partition coefficient (Wildman–Crippen LogP) is 2.05. The Morgan fingerprint density at radius 1 is 1.19 bits per heavy atom. The fourth-order valence-corrected chi connectivity index (χ4v) is 5.30. The van der Waals surface area contributed by atoms with Crippen LogP contribution >= 0.6 is 11.3 Å². The van der Waals surface area contributed by atoms with Gasteiger partial charge in [0, 0.05) is 31.2 Å². The first kappa shape index (κ1) is 20.4. The Morgan fingerprint density at radius 2 is 1.89 bits per heavy atom. The lowest BCUT2D eigenvalue weighted by molar-refractivity contribution is -0.931. The molecule has 27 heavy (non-hydrogen) atoms. The number of anilines is 1. The van der Waals surface area contributed by atoms with Gasteiger partial charge in [0.15, 0.2) is 0 Å². The monoisotopic (exact) mass is 450 g/mol. The molecule has 0 spiro atoms. The van der Waals surface area contributed by atoms with Crippen LogP contribution in [0.25, 0.3) is 11.1 Å². The first-order valence-corrected chi connectivity index (χ1v) is 10.3. The number of nitrogens with one attached hydrogen (secondary N) is 1. The van der Waals surface area contributed by atoms with Gasteiger partial charge in [-0.15, -0.1) is 0 Å². The molecule has 3 heterocycles. The average Bonchev–Trinajstić information content (AvgIpc) is 3.11. The molecule has 146 valence electrons. The Balaban J connectivity index is 0.00000210. The lowest BCUT2D eigenvalue weighted by Crippen LogP contribution is -3.00. The van der Waals surface area contributed by atoms with Crippen molar-refractivity contribution in [2.75, 3.05) is 19.4 Å². The van der Waals surface area contributed by atoms with Crippen LogP contribution in [-0.2, 0) is 4.74 Å². The molecule has 1 N–H and O–H groups in total. The second kappa shape index (κ2) is 7.94. The number of piperidine rings is 1. The van der Waals surface area contributed by atoms with E-state index in [1.165, 1.54) is 12.8 Å². The van der Waals surface area contributed by atoms with Crippen molar-refractivity contribution in [3.05, 3.63) is 40.6 Å². The lowest BCUT2D eigenvalue weighted by Gasteiger charge is -2.43. The molecule has 6 heteroatoms. The number of benzene rings is 1. The molecule has 2 aliphatic rings. The van der Waals surface area contributed by atoms with E-state index in [1.54, 1.807) is 11.3 Å². The number of nitrogens with zero attached hydrogens (tertiary/aromatic N) is 1. The molecule has 2 aliphatic heterocycles. The molecule has 2 aromatic rings. The van der Waals surface area contributed by atoms with Crippen molar-refractivity contribution in [2.45, 2.75) is 50.8 Å². The van der Waals surface area contributed by atoms with Crippen LogP contribution in [0.5, 0.6) is 0 Å². The highest BCUT2D eigenvalue weighted by Crippen LogP contribution is 2.40. The van der Waals surface area contributed by atoms with E-state index in [9.17, 15) is 4.79 Å². The maximum Gasteiger partial charge on any atom is 0.411 e. The zero-order valence-electron chi connectivity index (χ0n) is 16.1. The van der Waals surface area contributed by atoms with Crippen molar-refractivity contribution in [2.24, 2.45) is 0 Å². The van der Waals surface area contributed by atoms with Gasteiger partial charge in [-0.3, -0.25) is 5.32 Å². The van der Waals surface area contributed by atoms with E-state index >= 15 is 0 Å². The van der Waals surface area contributed by atoms with Crippen molar-refractivity contribution < 1.29 is 31.0 Å². The summed E-state index contributed by atoms with van der Waals surface area (Å²) in [6, 6.07) is 9.46. The summed E-state index contributed by atoms with van der Waals surface area (Å²) in [5.74, 6) is 0. The third-order valence-electron chi connectivity index (χ3n) is 6.30. The number of hydrogen-bond donors (Lipinski definition) is 1. The fourth-order valence-electron chi connectivity index (χ4n) is 4.65. The minimum Gasteiger partial charge on any atom is -1.00 e. The number of aryl methyl sites for hydroxylation is 1.